The van der Waals surface area contributed by atoms with Gasteiger partial charge in [-0.15, -0.1) is 0 Å². The predicted octanol–water partition coefficient (Wildman–Crippen LogP) is 5.48. The molecule has 0 saturated heterocycles. The molecule has 0 radical (unpaired) electrons. The number of nitrogens with two attached hydrogens (primary N) is 1. The Hall–Kier alpha value is -2.17. The van der Waals surface area contributed by atoms with Crippen LogP contribution >= 0.6 is 0 Å². The van der Waals surface area contributed by atoms with E-state index in [1.807, 2.05) is 26.8 Å². The van der Waals surface area contributed by atoms with E-state index >= 15 is 0 Å². The molecule has 0 atom stereocenters. The first-order chi connectivity index (χ1) is 10.7. The normalized spacial score (nSPS) is 10.9. The van der Waals surface area contributed by atoms with Crippen molar-refractivity contribution in [1.29, 1.82) is 0 Å². The van der Waals surface area contributed by atoms with Crippen LogP contribution in [-0.4, -0.2) is 13.2 Å². The van der Waals surface area contributed by atoms with Gasteiger partial charge in [-0.2, -0.15) is 13.2 Å². The molecule has 0 amide bonds. The smallest absolute Gasteiger partial charge is 0.399 e. The number of aryl methyl sites for hydroxylation is 1. The highest BCUT2D eigenvalue weighted by Crippen LogP contribution is 2.28. The lowest BCUT2D eigenvalue weighted by atomic mass is 10.1. The molecule has 0 saturated carbocycles. The molecule has 5 heteroatoms. The molecular weight excluding hydrogens is 301 g/mol. The third kappa shape index (κ3) is 6.22. The second-order valence-corrected chi connectivity index (χ2v) is 4.65. The standard InChI is InChI=1S/C16H19F3N2.C2H6/c1-5-13-8-9-14(20)10-15(13)21(4)12(3)7-6-11(2)16(17,18)19;1-2/h6-10H,2-3,5,20H2,1,4H3;1-2H3/b7-6-;. The number of hydrogen-bond acceptors (Lipinski definition) is 2. The summed E-state index contributed by atoms with van der Waals surface area (Å²) in [5, 5.41) is 0. The minimum atomic E-state index is -4.43. The molecule has 23 heavy (non-hydrogen) atoms. The average Bonchev–Trinajstić information content (AvgIpc) is 2.52. The highest BCUT2D eigenvalue weighted by atomic mass is 19.4. The highest BCUT2D eigenvalue weighted by molar-refractivity contribution is 5.64. The van der Waals surface area contributed by atoms with Crippen LogP contribution in [0.4, 0.5) is 24.5 Å². The highest BCUT2D eigenvalue weighted by Gasteiger charge is 2.29. The van der Waals surface area contributed by atoms with Crippen LogP contribution in [0.3, 0.4) is 0 Å². The lowest BCUT2D eigenvalue weighted by molar-refractivity contribution is -0.0878. The van der Waals surface area contributed by atoms with Crippen LogP contribution in [0.25, 0.3) is 0 Å². The maximum Gasteiger partial charge on any atom is 0.415 e. The first kappa shape index (κ1) is 20.8. The van der Waals surface area contributed by atoms with Gasteiger partial charge < -0.3 is 10.6 Å². The SMILES string of the molecule is C=C(/C=C\C(=C)C(F)(F)F)N(C)c1cc(N)ccc1CC.CC. The Kier molecular flexibility index (Phi) is 8.22. The monoisotopic (exact) mass is 326 g/mol. The third-order valence-corrected chi connectivity index (χ3v) is 3.12. The van der Waals surface area contributed by atoms with Gasteiger partial charge in [0.15, 0.2) is 0 Å². The molecule has 0 unspecified atom stereocenters. The van der Waals surface area contributed by atoms with Gasteiger partial charge in [0.05, 0.1) is 0 Å². The summed E-state index contributed by atoms with van der Waals surface area (Å²) >= 11 is 0. The number of nitrogen functional groups attached to an aromatic ring is 1. The van der Waals surface area contributed by atoms with Gasteiger partial charge in [0.1, 0.15) is 0 Å². The Balaban J connectivity index is 0.00000232. The lowest BCUT2D eigenvalue weighted by Gasteiger charge is -2.23. The fraction of sp³-hybridized carbons (Fsp3) is 0.333. The van der Waals surface area contributed by atoms with Crippen LogP contribution in [0.5, 0.6) is 0 Å². The van der Waals surface area contributed by atoms with Crippen molar-refractivity contribution in [1.82, 2.24) is 0 Å². The number of rotatable bonds is 5. The maximum atomic E-state index is 12.4. The maximum absolute atomic E-state index is 12.4. The molecule has 0 bridgehead atoms. The van der Waals surface area contributed by atoms with Crippen molar-refractivity contribution < 1.29 is 13.2 Å². The van der Waals surface area contributed by atoms with Gasteiger partial charge in [-0.1, -0.05) is 40.0 Å². The second-order valence-electron chi connectivity index (χ2n) is 4.65. The van der Waals surface area contributed by atoms with Gasteiger partial charge in [-0.05, 0) is 36.3 Å². The summed E-state index contributed by atoms with van der Waals surface area (Å²) in [6.07, 6.45) is -1.44. The zero-order chi connectivity index (χ0) is 18.2. The predicted molar refractivity (Wildman–Crippen MR) is 93.5 cm³/mol. The van der Waals surface area contributed by atoms with Crippen LogP contribution < -0.4 is 10.6 Å². The molecule has 0 heterocycles. The Bertz CT molecular complexity index is 572. The molecule has 1 rings (SSSR count). The largest absolute Gasteiger partial charge is 0.415 e. The van der Waals surface area contributed by atoms with E-state index in [0.717, 1.165) is 23.7 Å². The number of anilines is 2. The molecule has 0 aliphatic carbocycles. The number of halogens is 3. The Morgan fingerprint density at radius 1 is 1.22 bits per heavy atom. The van der Waals surface area contributed by atoms with Crippen LogP contribution in [0.15, 0.2) is 54.8 Å². The first-order valence-corrected chi connectivity index (χ1v) is 7.42. The van der Waals surface area contributed by atoms with E-state index in [4.69, 9.17) is 5.73 Å². The number of alkyl halides is 3. The van der Waals surface area contributed by atoms with Gasteiger partial charge in [0.25, 0.3) is 0 Å². The van der Waals surface area contributed by atoms with Crippen molar-refractivity contribution in [3.8, 4) is 0 Å². The molecule has 0 spiro atoms. The molecular formula is C18H25F3N2. The fourth-order valence-electron chi connectivity index (χ4n) is 1.75. The van der Waals surface area contributed by atoms with Gasteiger partial charge in [-0.3, -0.25) is 0 Å². The number of hydrogen-bond donors (Lipinski definition) is 1. The van der Waals surface area contributed by atoms with E-state index in [1.165, 1.54) is 6.08 Å². The molecule has 0 aliphatic heterocycles. The Labute approximate surface area is 136 Å². The van der Waals surface area contributed by atoms with Crippen LogP contribution in [0.2, 0.25) is 0 Å². The van der Waals surface area contributed by atoms with Gasteiger partial charge >= 0.3 is 6.18 Å². The summed E-state index contributed by atoms with van der Waals surface area (Å²) in [7, 11) is 1.73. The molecule has 0 fully saturated rings. The van der Waals surface area contributed by atoms with E-state index in [1.54, 1.807) is 24.1 Å². The van der Waals surface area contributed by atoms with Crippen molar-refractivity contribution >= 4 is 11.4 Å². The molecule has 2 nitrogen and oxygen atoms in total. The molecule has 2 N–H and O–H groups in total. The average molecular weight is 326 g/mol. The van der Waals surface area contributed by atoms with Crippen LogP contribution in [-0.2, 0) is 6.42 Å². The van der Waals surface area contributed by atoms with Crippen molar-refractivity contribution in [2.45, 2.75) is 33.4 Å². The topological polar surface area (TPSA) is 29.3 Å². The number of likely N-dealkylation sites (N-methyl/N-ethyl adjacent to an activating group) is 1. The van der Waals surface area contributed by atoms with Crippen LogP contribution in [0.1, 0.15) is 26.3 Å². The van der Waals surface area contributed by atoms with E-state index in [9.17, 15) is 13.2 Å². The number of allylic oxidation sites excluding steroid dienone is 3. The summed E-state index contributed by atoms with van der Waals surface area (Å²) in [5.41, 5.74) is 7.71. The van der Waals surface area contributed by atoms with E-state index in [-0.39, 0.29) is 0 Å². The number of benzene rings is 1. The van der Waals surface area contributed by atoms with Crippen molar-refractivity contribution in [3.05, 3.63) is 60.3 Å². The zero-order valence-electron chi connectivity index (χ0n) is 14.2. The molecule has 1 aromatic rings. The Morgan fingerprint density at radius 2 is 1.78 bits per heavy atom. The van der Waals surface area contributed by atoms with Gasteiger partial charge in [0.2, 0.25) is 0 Å². The van der Waals surface area contributed by atoms with Gasteiger partial charge in [-0.25, -0.2) is 0 Å². The van der Waals surface area contributed by atoms with Crippen molar-refractivity contribution in [2.24, 2.45) is 0 Å². The van der Waals surface area contributed by atoms with Crippen molar-refractivity contribution in [2.75, 3.05) is 17.7 Å². The summed E-state index contributed by atoms with van der Waals surface area (Å²) in [6.45, 7) is 12.8. The minimum absolute atomic E-state index is 0.417. The number of nitrogens with zero attached hydrogens (tertiary/aromatic N) is 1. The molecule has 0 aliphatic rings. The minimum Gasteiger partial charge on any atom is -0.399 e. The van der Waals surface area contributed by atoms with E-state index < -0.39 is 11.7 Å². The lowest BCUT2D eigenvalue weighted by Crippen LogP contribution is -2.16. The summed E-state index contributed by atoms with van der Waals surface area (Å²) in [5.74, 6) is 0. The van der Waals surface area contributed by atoms with Crippen LogP contribution in [0, 0.1) is 0 Å². The molecule has 128 valence electrons. The molecule has 1 aromatic carbocycles. The fourth-order valence-corrected chi connectivity index (χ4v) is 1.75. The summed E-state index contributed by atoms with van der Waals surface area (Å²) in [4.78, 5) is 1.70. The van der Waals surface area contributed by atoms with E-state index in [0.29, 0.717) is 11.4 Å². The summed E-state index contributed by atoms with van der Waals surface area (Å²) in [6, 6.07) is 5.46. The molecule has 0 aromatic heterocycles. The third-order valence-electron chi connectivity index (χ3n) is 3.12. The van der Waals surface area contributed by atoms with E-state index in [2.05, 4.69) is 13.2 Å². The van der Waals surface area contributed by atoms with Gasteiger partial charge in [0, 0.05) is 29.7 Å². The second kappa shape index (κ2) is 9.08. The first-order valence-electron chi connectivity index (χ1n) is 7.42. The Morgan fingerprint density at radius 3 is 2.26 bits per heavy atom. The van der Waals surface area contributed by atoms with Crippen molar-refractivity contribution in [3.63, 3.8) is 0 Å². The quantitative estimate of drug-likeness (QED) is 0.573. The summed E-state index contributed by atoms with van der Waals surface area (Å²) < 4.78 is 37.2. The zero-order valence-corrected chi connectivity index (χ0v) is 14.2.